The van der Waals surface area contributed by atoms with E-state index < -0.39 is 11.9 Å². The summed E-state index contributed by atoms with van der Waals surface area (Å²) in [5.41, 5.74) is 0. The van der Waals surface area contributed by atoms with Gasteiger partial charge < -0.3 is 14.9 Å². The second-order valence-electron chi connectivity index (χ2n) is 5.29. The van der Waals surface area contributed by atoms with Crippen molar-refractivity contribution in [3.8, 4) is 12.3 Å². The second kappa shape index (κ2) is 5.52. The molecule has 2 aliphatic heterocycles. The smallest absolute Gasteiger partial charge is 0.321 e. The van der Waals surface area contributed by atoms with E-state index >= 15 is 0 Å². The van der Waals surface area contributed by atoms with Gasteiger partial charge in [0, 0.05) is 18.6 Å². The van der Waals surface area contributed by atoms with Crippen molar-refractivity contribution in [1.29, 1.82) is 0 Å². The number of carbonyl (C=O) groups is 2. The normalized spacial score (nSPS) is 28.2. The molecule has 5 heteroatoms. The molecule has 2 saturated heterocycles. The van der Waals surface area contributed by atoms with Gasteiger partial charge in [-0.1, -0.05) is 12.8 Å². The Labute approximate surface area is 113 Å². The fourth-order valence-corrected chi connectivity index (χ4v) is 3.34. The van der Waals surface area contributed by atoms with Crippen LogP contribution < -0.4 is 0 Å². The molecular formula is C14H20N2O3. The largest absolute Gasteiger partial charge is 0.481 e. The zero-order chi connectivity index (χ0) is 14.0. The number of amides is 2. The van der Waals surface area contributed by atoms with Crippen LogP contribution in [-0.2, 0) is 4.79 Å². The van der Waals surface area contributed by atoms with Gasteiger partial charge in [0.2, 0.25) is 0 Å². The van der Waals surface area contributed by atoms with Crippen molar-refractivity contribution in [1.82, 2.24) is 9.80 Å². The zero-order valence-corrected chi connectivity index (χ0v) is 11.2. The van der Waals surface area contributed by atoms with Crippen LogP contribution in [0.4, 0.5) is 4.79 Å². The third-order valence-corrected chi connectivity index (χ3v) is 4.12. The fourth-order valence-electron chi connectivity index (χ4n) is 3.34. The van der Waals surface area contributed by atoms with Crippen molar-refractivity contribution in [2.45, 2.75) is 44.7 Å². The van der Waals surface area contributed by atoms with Gasteiger partial charge in [0.25, 0.3) is 0 Å². The van der Waals surface area contributed by atoms with E-state index in [4.69, 9.17) is 6.42 Å². The molecule has 0 aromatic rings. The van der Waals surface area contributed by atoms with Gasteiger partial charge in [-0.3, -0.25) is 4.79 Å². The summed E-state index contributed by atoms with van der Waals surface area (Å²) in [5.74, 6) is 1.31. The highest BCUT2D eigenvalue weighted by atomic mass is 16.4. The summed E-state index contributed by atoms with van der Waals surface area (Å²) >= 11 is 0. The van der Waals surface area contributed by atoms with E-state index in [0.29, 0.717) is 19.5 Å². The maximum Gasteiger partial charge on any atom is 0.321 e. The minimum absolute atomic E-state index is 0.0794. The second-order valence-corrected chi connectivity index (χ2v) is 5.29. The number of terminal acetylenes is 1. The van der Waals surface area contributed by atoms with Gasteiger partial charge in [-0.25, -0.2) is 4.79 Å². The van der Waals surface area contributed by atoms with Crippen molar-refractivity contribution < 1.29 is 14.7 Å². The van der Waals surface area contributed by atoms with Crippen molar-refractivity contribution in [2.75, 3.05) is 13.1 Å². The third kappa shape index (κ3) is 2.40. The highest BCUT2D eigenvalue weighted by Crippen LogP contribution is 2.42. The summed E-state index contributed by atoms with van der Waals surface area (Å²) in [6.07, 6.45) is 8.44. The van der Waals surface area contributed by atoms with Crippen molar-refractivity contribution in [3.05, 3.63) is 0 Å². The lowest BCUT2D eigenvalue weighted by atomic mass is 9.89. The number of hydrogen-bond donors (Lipinski definition) is 1. The molecule has 0 spiro atoms. The van der Waals surface area contributed by atoms with Crippen LogP contribution in [0.2, 0.25) is 0 Å². The van der Waals surface area contributed by atoms with Gasteiger partial charge in [-0.2, -0.15) is 0 Å². The zero-order valence-electron chi connectivity index (χ0n) is 11.2. The van der Waals surface area contributed by atoms with E-state index in [2.05, 4.69) is 5.92 Å². The van der Waals surface area contributed by atoms with E-state index in [1.54, 1.807) is 9.80 Å². The first-order valence-electron chi connectivity index (χ1n) is 6.83. The highest BCUT2D eigenvalue weighted by Gasteiger charge is 2.52. The van der Waals surface area contributed by atoms with Crippen molar-refractivity contribution >= 4 is 12.0 Å². The molecule has 1 N–H and O–H groups in total. The van der Waals surface area contributed by atoms with Crippen LogP contribution in [0, 0.1) is 18.3 Å². The van der Waals surface area contributed by atoms with E-state index in [0.717, 1.165) is 19.3 Å². The quantitative estimate of drug-likeness (QED) is 0.781. The first-order valence-corrected chi connectivity index (χ1v) is 6.83. The minimum atomic E-state index is -0.788. The average molecular weight is 264 g/mol. The monoisotopic (exact) mass is 264 g/mol. The Morgan fingerprint density at radius 3 is 2.74 bits per heavy atom. The maximum atomic E-state index is 12.5. The highest BCUT2D eigenvalue weighted by molar-refractivity contribution is 5.79. The first-order chi connectivity index (χ1) is 9.10. The van der Waals surface area contributed by atoms with Gasteiger partial charge >= 0.3 is 12.0 Å². The van der Waals surface area contributed by atoms with Crippen LogP contribution in [0.25, 0.3) is 0 Å². The lowest BCUT2D eigenvalue weighted by Gasteiger charge is -2.30. The Morgan fingerprint density at radius 1 is 1.47 bits per heavy atom. The predicted molar refractivity (Wildman–Crippen MR) is 70.5 cm³/mol. The summed E-state index contributed by atoms with van der Waals surface area (Å²) in [4.78, 5) is 27.1. The number of aliphatic carboxylic acids is 1. The van der Waals surface area contributed by atoms with E-state index in [9.17, 15) is 14.7 Å². The summed E-state index contributed by atoms with van der Waals surface area (Å²) in [6.45, 7) is 2.91. The topological polar surface area (TPSA) is 60.9 Å². The van der Waals surface area contributed by atoms with Crippen LogP contribution >= 0.6 is 0 Å². The Bertz CT molecular complexity index is 415. The molecule has 0 radical (unpaired) electrons. The van der Waals surface area contributed by atoms with E-state index in [-0.39, 0.29) is 18.1 Å². The Balaban J connectivity index is 2.11. The summed E-state index contributed by atoms with van der Waals surface area (Å²) in [5, 5.41) is 9.20. The van der Waals surface area contributed by atoms with Crippen LogP contribution in [0.5, 0.6) is 0 Å². The standard InChI is InChI=1S/C14H20N2O3/c1-3-7-15(8-4-2)14(19)16-10-5-6-12(16)11(9-10)13(17)18/h1,10-12H,4-9H2,2H3,(H,17,18). The van der Waals surface area contributed by atoms with Gasteiger partial charge in [-0.15, -0.1) is 6.42 Å². The third-order valence-electron chi connectivity index (χ3n) is 4.12. The maximum absolute atomic E-state index is 12.5. The molecule has 0 aromatic heterocycles. The number of nitrogens with zero attached hydrogens (tertiary/aromatic N) is 2. The molecule has 3 atom stereocenters. The molecular weight excluding hydrogens is 244 g/mol. The molecule has 2 bridgehead atoms. The van der Waals surface area contributed by atoms with Crippen LogP contribution in [0.3, 0.4) is 0 Å². The molecule has 19 heavy (non-hydrogen) atoms. The van der Waals surface area contributed by atoms with E-state index in [1.807, 2.05) is 6.92 Å². The Hall–Kier alpha value is -1.70. The molecule has 0 aromatic carbocycles. The van der Waals surface area contributed by atoms with Gasteiger partial charge in [0.05, 0.1) is 12.5 Å². The molecule has 2 fully saturated rings. The van der Waals surface area contributed by atoms with Crippen LogP contribution in [-0.4, -0.2) is 52.1 Å². The van der Waals surface area contributed by atoms with E-state index in [1.165, 1.54) is 0 Å². The number of urea groups is 1. The summed E-state index contributed by atoms with van der Waals surface area (Å²) in [7, 11) is 0. The van der Waals surface area contributed by atoms with Gasteiger partial charge in [0.15, 0.2) is 0 Å². The number of carboxylic acid groups (broad SMARTS) is 1. The number of hydrogen-bond acceptors (Lipinski definition) is 2. The van der Waals surface area contributed by atoms with Gasteiger partial charge in [0.1, 0.15) is 0 Å². The fraction of sp³-hybridized carbons (Fsp3) is 0.714. The Morgan fingerprint density at radius 2 is 2.21 bits per heavy atom. The minimum Gasteiger partial charge on any atom is -0.481 e. The molecule has 5 nitrogen and oxygen atoms in total. The average Bonchev–Trinajstić information content (AvgIpc) is 2.95. The number of rotatable bonds is 4. The number of carbonyl (C=O) groups excluding carboxylic acids is 1. The van der Waals surface area contributed by atoms with Crippen LogP contribution in [0.1, 0.15) is 32.6 Å². The molecule has 2 heterocycles. The predicted octanol–water partition coefficient (Wildman–Crippen LogP) is 1.39. The first kappa shape index (κ1) is 13.7. The lowest BCUT2D eigenvalue weighted by Crippen LogP contribution is -2.47. The molecule has 0 saturated carbocycles. The van der Waals surface area contributed by atoms with Crippen LogP contribution in [0.15, 0.2) is 0 Å². The van der Waals surface area contributed by atoms with Crippen molar-refractivity contribution in [3.63, 3.8) is 0 Å². The molecule has 0 aliphatic carbocycles. The molecule has 2 amide bonds. The molecule has 2 aliphatic rings. The summed E-state index contributed by atoms with van der Waals surface area (Å²) < 4.78 is 0. The lowest BCUT2D eigenvalue weighted by molar-refractivity contribution is -0.142. The number of fused-ring (bicyclic) bond motifs is 2. The number of carboxylic acids is 1. The molecule has 2 rings (SSSR count). The SMILES string of the molecule is C#CCN(CCC)C(=O)N1C2CCC1C(C(=O)O)C2. The molecule has 104 valence electrons. The van der Waals surface area contributed by atoms with Gasteiger partial charge in [-0.05, 0) is 25.7 Å². The van der Waals surface area contributed by atoms with Crippen molar-refractivity contribution in [2.24, 2.45) is 5.92 Å². The molecule has 3 unspecified atom stereocenters. The Kier molecular flexibility index (Phi) is 3.98. The summed E-state index contributed by atoms with van der Waals surface area (Å²) in [6, 6.07) is -0.154.